The first-order valence-corrected chi connectivity index (χ1v) is 8.29. The maximum Gasteiger partial charge on any atom is 0.270 e. The van der Waals surface area contributed by atoms with E-state index >= 15 is 0 Å². The molecule has 3 aromatic carbocycles. The third-order valence-corrected chi connectivity index (χ3v) is 4.57. The van der Waals surface area contributed by atoms with Gasteiger partial charge in [-0.25, -0.2) is 0 Å². The Morgan fingerprint density at radius 1 is 1.11 bits per heavy atom. The molecular formula is C20H15N3NaO4. The smallest absolute Gasteiger partial charge is 0.270 e. The van der Waals surface area contributed by atoms with Gasteiger partial charge in [-0.15, -0.1) is 10.2 Å². The number of fused-ring (bicyclic) bond motifs is 2. The maximum absolute atomic E-state index is 11.0. The van der Waals surface area contributed by atoms with Crippen molar-refractivity contribution in [2.45, 2.75) is 12.1 Å². The van der Waals surface area contributed by atoms with Crippen LogP contribution in [0.5, 0.6) is 5.75 Å². The monoisotopic (exact) mass is 384 g/mol. The number of nitro benzene ring substituents is 1. The minimum absolute atomic E-state index is 0. The van der Waals surface area contributed by atoms with Crippen LogP contribution in [-0.4, -0.2) is 44.7 Å². The Kier molecular flexibility index (Phi) is 5.62. The summed E-state index contributed by atoms with van der Waals surface area (Å²) in [5, 5.41) is 41.5. The van der Waals surface area contributed by atoms with Crippen molar-refractivity contribution in [3.63, 3.8) is 0 Å². The summed E-state index contributed by atoms with van der Waals surface area (Å²) in [6.07, 6.45) is 3.98. The minimum Gasteiger partial charge on any atom is -0.506 e. The van der Waals surface area contributed by atoms with Crippen molar-refractivity contribution in [1.82, 2.24) is 0 Å². The number of phenolic OH excluding ortho intramolecular Hbond substituents is 1. The van der Waals surface area contributed by atoms with Gasteiger partial charge in [0.25, 0.3) is 5.69 Å². The SMILES string of the molecule is O=[N+]([O-])c1ccc2c(N=NC3(O)CC=Cc4ccccc43)c(O)ccc2c1.[Na]. The first-order valence-electron chi connectivity index (χ1n) is 8.29. The normalized spacial score (nSPS) is 18.0. The average molecular weight is 384 g/mol. The molecule has 3 aromatic rings. The molecule has 0 aliphatic heterocycles. The Hall–Kier alpha value is -2.58. The number of nitro groups is 1. The van der Waals surface area contributed by atoms with Gasteiger partial charge in [-0.05, 0) is 23.1 Å². The van der Waals surface area contributed by atoms with Gasteiger partial charge < -0.3 is 10.2 Å². The molecule has 0 saturated carbocycles. The van der Waals surface area contributed by atoms with Crippen LogP contribution in [0.2, 0.25) is 0 Å². The van der Waals surface area contributed by atoms with Gasteiger partial charge in [-0.1, -0.05) is 42.5 Å². The van der Waals surface area contributed by atoms with Crippen molar-refractivity contribution in [2.75, 3.05) is 0 Å². The van der Waals surface area contributed by atoms with Gasteiger partial charge in [0.2, 0.25) is 5.72 Å². The number of non-ortho nitro benzene ring substituents is 1. The van der Waals surface area contributed by atoms with Crippen LogP contribution in [0.15, 0.2) is 70.9 Å². The van der Waals surface area contributed by atoms with Crippen LogP contribution >= 0.6 is 0 Å². The summed E-state index contributed by atoms with van der Waals surface area (Å²) in [7, 11) is 0. The number of hydrogen-bond acceptors (Lipinski definition) is 6. The zero-order valence-electron chi connectivity index (χ0n) is 15.1. The van der Waals surface area contributed by atoms with Crippen LogP contribution in [-0.2, 0) is 5.72 Å². The fourth-order valence-electron chi connectivity index (χ4n) is 3.20. The number of azo groups is 1. The average Bonchev–Trinajstić information content (AvgIpc) is 2.67. The molecule has 135 valence electrons. The van der Waals surface area contributed by atoms with Crippen molar-refractivity contribution in [3.8, 4) is 5.75 Å². The largest absolute Gasteiger partial charge is 0.506 e. The third kappa shape index (κ3) is 3.57. The van der Waals surface area contributed by atoms with E-state index in [1.165, 1.54) is 24.3 Å². The fraction of sp³-hybridized carbons (Fsp3) is 0.100. The second-order valence-electron chi connectivity index (χ2n) is 6.31. The van der Waals surface area contributed by atoms with Crippen LogP contribution in [0.25, 0.3) is 16.8 Å². The molecule has 0 heterocycles. The molecule has 1 radical (unpaired) electrons. The Morgan fingerprint density at radius 2 is 1.89 bits per heavy atom. The molecule has 8 heteroatoms. The Labute approximate surface area is 182 Å². The van der Waals surface area contributed by atoms with Crippen molar-refractivity contribution in [1.29, 1.82) is 0 Å². The Bertz CT molecular complexity index is 1130. The maximum atomic E-state index is 11.0. The van der Waals surface area contributed by atoms with Crippen molar-refractivity contribution in [3.05, 3.63) is 81.9 Å². The molecule has 4 rings (SSSR count). The molecule has 0 bridgehead atoms. The molecule has 0 aromatic heterocycles. The summed E-state index contributed by atoms with van der Waals surface area (Å²) in [5.74, 6) is -0.122. The number of phenols is 1. The van der Waals surface area contributed by atoms with Crippen molar-refractivity contribution in [2.24, 2.45) is 10.2 Å². The number of benzene rings is 3. The standard InChI is InChI=1S/C20H15N3O4.Na/c24-18-10-7-14-12-15(23(26)27)8-9-16(14)19(18)21-22-20(25)11-3-5-13-4-1-2-6-17(13)20;/h1-10,12,24-25H,11H2;. The molecule has 1 aliphatic carbocycles. The summed E-state index contributed by atoms with van der Waals surface area (Å²) in [6, 6.07) is 14.6. The topological polar surface area (TPSA) is 108 Å². The third-order valence-electron chi connectivity index (χ3n) is 4.57. The van der Waals surface area contributed by atoms with Gasteiger partial charge in [-0.2, -0.15) is 0 Å². The van der Waals surface area contributed by atoms with Crippen LogP contribution in [0, 0.1) is 10.1 Å². The van der Waals surface area contributed by atoms with E-state index in [1.807, 2.05) is 30.4 Å². The van der Waals surface area contributed by atoms with Crippen LogP contribution < -0.4 is 0 Å². The molecule has 28 heavy (non-hydrogen) atoms. The Morgan fingerprint density at radius 3 is 2.68 bits per heavy atom. The predicted octanol–water partition coefficient (Wildman–Crippen LogP) is 4.42. The van der Waals surface area contributed by atoms with Gasteiger partial charge in [0.05, 0.1) is 4.92 Å². The molecule has 0 spiro atoms. The number of rotatable bonds is 3. The van der Waals surface area contributed by atoms with E-state index in [0.29, 0.717) is 16.3 Å². The predicted molar refractivity (Wildman–Crippen MR) is 107 cm³/mol. The summed E-state index contributed by atoms with van der Waals surface area (Å²) >= 11 is 0. The van der Waals surface area contributed by atoms with Crippen molar-refractivity contribution >= 4 is 57.8 Å². The summed E-state index contributed by atoms with van der Waals surface area (Å²) in [6.45, 7) is 0. The fourth-order valence-corrected chi connectivity index (χ4v) is 3.20. The zero-order valence-corrected chi connectivity index (χ0v) is 17.1. The summed E-state index contributed by atoms with van der Waals surface area (Å²) in [4.78, 5) is 10.5. The molecule has 0 saturated heterocycles. The molecule has 1 unspecified atom stereocenters. The number of nitrogens with zero attached hydrogens (tertiary/aromatic N) is 3. The van der Waals surface area contributed by atoms with E-state index in [2.05, 4.69) is 10.2 Å². The molecule has 2 N–H and O–H groups in total. The summed E-state index contributed by atoms with van der Waals surface area (Å²) in [5.41, 5.74) is 0.0410. The van der Waals surface area contributed by atoms with Crippen molar-refractivity contribution < 1.29 is 15.1 Å². The van der Waals surface area contributed by atoms with E-state index in [-0.39, 0.29) is 53.1 Å². The van der Waals surface area contributed by atoms with Gasteiger partial charge >= 0.3 is 0 Å². The van der Waals surface area contributed by atoms with E-state index in [1.54, 1.807) is 12.1 Å². The molecule has 0 amide bonds. The zero-order chi connectivity index (χ0) is 19.0. The molecule has 0 fully saturated rings. The summed E-state index contributed by atoms with van der Waals surface area (Å²) < 4.78 is 0. The Balaban J connectivity index is 0.00000225. The van der Waals surface area contributed by atoms with E-state index in [0.717, 1.165) is 5.56 Å². The number of aliphatic hydroxyl groups is 1. The first-order chi connectivity index (χ1) is 13.0. The molecule has 7 nitrogen and oxygen atoms in total. The van der Waals surface area contributed by atoms with E-state index in [4.69, 9.17) is 0 Å². The minimum atomic E-state index is -1.54. The molecular weight excluding hydrogens is 369 g/mol. The van der Waals surface area contributed by atoms with E-state index < -0.39 is 10.6 Å². The second kappa shape index (κ2) is 7.81. The quantitative estimate of drug-likeness (QED) is 0.302. The first kappa shape index (κ1) is 20.2. The van der Waals surface area contributed by atoms with Gasteiger partial charge in [0, 0.05) is 59.1 Å². The van der Waals surface area contributed by atoms with Gasteiger partial charge in [-0.3, -0.25) is 10.1 Å². The van der Waals surface area contributed by atoms with Crippen LogP contribution in [0.4, 0.5) is 11.4 Å². The van der Waals surface area contributed by atoms with Gasteiger partial charge in [0.1, 0.15) is 11.4 Å². The second-order valence-corrected chi connectivity index (χ2v) is 6.31. The number of hydrogen-bond donors (Lipinski definition) is 2. The van der Waals surface area contributed by atoms with Crippen LogP contribution in [0.3, 0.4) is 0 Å². The van der Waals surface area contributed by atoms with Crippen LogP contribution in [0.1, 0.15) is 17.5 Å². The van der Waals surface area contributed by atoms with E-state index in [9.17, 15) is 20.3 Å². The molecule has 1 aliphatic rings. The number of aromatic hydroxyl groups is 1. The molecule has 1 atom stereocenters. The van der Waals surface area contributed by atoms with Gasteiger partial charge in [0.15, 0.2) is 0 Å².